The molecule has 0 saturated heterocycles. The average molecular weight is 452 g/mol. The number of benzene rings is 2. The Morgan fingerprint density at radius 1 is 1.08 bits per heavy atom. The van der Waals surface area contributed by atoms with Crippen LogP contribution in [0.4, 0.5) is 5.69 Å². The minimum atomic E-state index is -0.0402. The Labute approximate surface area is 166 Å². The standard InChI is InChI=1S/C19H24N4O.HI/c1-14-8-9-17(12-15(14)2)23-19(20)21-11-10-18(24)22-13-16-6-4-3-5-7-16;/h3-9,12H,10-11,13H2,1-2H3,(H,22,24)(H3,20,21,23);1H. The number of nitrogens with zero attached hydrogens (tertiary/aromatic N) is 1. The lowest BCUT2D eigenvalue weighted by molar-refractivity contribution is -0.121. The first-order valence-corrected chi connectivity index (χ1v) is 7.99. The summed E-state index contributed by atoms with van der Waals surface area (Å²) in [6.45, 7) is 4.99. The molecule has 0 unspecified atom stereocenters. The summed E-state index contributed by atoms with van der Waals surface area (Å²) in [5, 5.41) is 5.90. The van der Waals surface area contributed by atoms with Crippen molar-refractivity contribution in [3.8, 4) is 0 Å². The fourth-order valence-corrected chi connectivity index (χ4v) is 2.17. The van der Waals surface area contributed by atoms with Crippen LogP contribution < -0.4 is 16.4 Å². The molecule has 6 heteroatoms. The van der Waals surface area contributed by atoms with Crippen LogP contribution in [0.1, 0.15) is 23.1 Å². The lowest BCUT2D eigenvalue weighted by Gasteiger charge is -2.08. The predicted molar refractivity (Wildman–Crippen MR) is 114 cm³/mol. The van der Waals surface area contributed by atoms with E-state index in [0.717, 1.165) is 11.3 Å². The van der Waals surface area contributed by atoms with E-state index < -0.39 is 0 Å². The van der Waals surface area contributed by atoms with Gasteiger partial charge in [-0.2, -0.15) is 0 Å². The molecule has 0 fully saturated rings. The molecule has 0 bridgehead atoms. The maximum absolute atomic E-state index is 11.8. The number of nitrogens with two attached hydrogens (primary N) is 1. The van der Waals surface area contributed by atoms with Gasteiger partial charge in [0.15, 0.2) is 5.96 Å². The van der Waals surface area contributed by atoms with Gasteiger partial charge in [-0.25, -0.2) is 0 Å². The molecular formula is C19H25IN4O. The monoisotopic (exact) mass is 452 g/mol. The van der Waals surface area contributed by atoms with Gasteiger partial charge in [0, 0.05) is 18.7 Å². The SMILES string of the molecule is Cc1ccc(NC(N)=NCCC(=O)NCc2ccccc2)cc1C.I. The largest absolute Gasteiger partial charge is 0.370 e. The highest BCUT2D eigenvalue weighted by Gasteiger charge is 2.02. The van der Waals surface area contributed by atoms with E-state index in [0.29, 0.717) is 25.5 Å². The maximum Gasteiger partial charge on any atom is 0.222 e. The van der Waals surface area contributed by atoms with Crippen LogP contribution in [-0.4, -0.2) is 18.4 Å². The lowest BCUT2D eigenvalue weighted by atomic mass is 10.1. The van der Waals surface area contributed by atoms with E-state index in [-0.39, 0.29) is 29.9 Å². The summed E-state index contributed by atoms with van der Waals surface area (Å²) < 4.78 is 0. The Morgan fingerprint density at radius 2 is 1.80 bits per heavy atom. The number of nitrogens with one attached hydrogen (secondary N) is 2. The third-order valence-electron chi connectivity index (χ3n) is 3.73. The quantitative estimate of drug-likeness (QED) is 0.357. The van der Waals surface area contributed by atoms with Crippen molar-refractivity contribution in [1.29, 1.82) is 0 Å². The number of carbonyl (C=O) groups is 1. The number of carbonyl (C=O) groups excluding carboxylic acids is 1. The Hall–Kier alpha value is -2.09. The van der Waals surface area contributed by atoms with Crippen LogP contribution in [0.2, 0.25) is 0 Å². The molecule has 0 aliphatic heterocycles. The van der Waals surface area contributed by atoms with Crippen molar-refractivity contribution in [3.63, 3.8) is 0 Å². The maximum atomic E-state index is 11.8. The third-order valence-corrected chi connectivity index (χ3v) is 3.73. The Kier molecular flexibility index (Phi) is 8.98. The minimum Gasteiger partial charge on any atom is -0.370 e. The summed E-state index contributed by atoms with van der Waals surface area (Å²) in [4.78, 5) is 16.0. The highest BCUT2D eigenvalue weighted by atomic mass is 127. The van der Waals surface area contributed by atoms with Crippen molar-refractivity contribution in [2.45, 2.75) is 26.8 Å². The van der Waals surface area contributed by atoms with Gasteiger partial charge in [-0.1, -0.05) is 36.4 Å². The van der Waals surface area contributed by atoms with Crippen LogP contribution >= 0.6 is 24.0 Å². The molecular weight excluding hydrogens is 427 g/mol. The number of rotatable bonds is 6. The zero-order valence-corrected chi connectivity index (χ0v) is 16.9. The number of aryl methyl sites for hydroxylation is 2. The fraction of sp³-hybridized carbons (Fsp3) is 0.263. The predicted octanol–water partition coefficient (Wildman–Crippen LogP) is 3.35. The van der Waals surface area contributed by atoms with Crippen LogP contribution in [-0.2, 0) is 11.3 Å². The summed E-state index contributed by atoms with van der Waals surface area (Å²) >= 11 is 0. The fourth-order valence-electron chi connectivity index (χ4n) is 2.17. The molecule has 134 valence electrons. The first-order chi connectivity index (χ1) is 11.5. The summed E-state index contributed by atoms with van der Waals surface area (Å²) in [7, 11) is 0. The van der Waals surface area contributed by atoms with Gasteiger partial charge < -0.3 is 16.4 Å². The van der Waals surface area contributed by atoms with Gasteiger partial charge in [-0.3, -0.25) is 9.79 Å². The van der Waals surface area contributed by atoms with E-state index in [2.05, 4.69) is 22.5 Å². The van der Waals surface area contributed by atoms with E-state index in [1.807, 2.05) is 55.5 Å². The second-order valence-corrected chi connectivity index (χ2v) is 5.70. The molecule has 0 spiro atoms. The topological polar surface area (TPSA) is 79.5 Å². The molecule has 0 heterocycles. The van der Waals surface area contributed by atoms with Gasteiger partial charge >= 0.3 is 0 Å². The molecule has 0 aliphatic carbocycles. The number of aliphatic imine (C=N–C) groups is 1. The number of hydrogen-bond acceptors (Lipinski definition) is 2. The third kappa shape index (κ3) is 7.55. The smallest absolute Gasteiger partial charge is 0.222 e. The van der Waals surface area contributed by atoms with Crippen molar-refractivity contribution in [2.75, 3.05) is 11.9 Å². The molecule has 2 aromatic carbocycles. The zero-order chi connectivity index (χ0) is 17.4. The van der Waals surface area contributed by atoms with Crippen LogP contribution in [0.3, 0.4) is 0 Å². The molecule has 1 amide bonds. The molecule has 2 aromatic rings. The molecule has 0 aromatic heterocycles. The number of amides is 1. The van der Waals surface area contributed by atoms with Crippen molar-refractivity contribution in [3.05, 3.63) is 65.2 Å². The molecule has 4 N–H and O–H groups in total. The zero-order valence-electron chi connectivity index (χ0n) is 14.6. The van der Waals surface area contributed by atoms with E-state index in [1.165, 1.54) is 11.1 Å². The molecule has 25 heavy (non-hydrogen) atoms. The van der Waals surface area contributed by atoms with Gasteiger partial charge in [0.1, 0.15) is 0 Å². The van der Waals surface area contributed by atoms with Gasteiger partial charge in [-0.15, -0.1) is 24.0 Å². The summed E-state index contributed by atoms with van der Waals surface area (Å²) in [5.74, 6) is 0.274. The minimum absolute atomic E-state index is 0. The molecule has 5 nitrogen and oxygen atoms in total. The van der Waals surface area contributed by atoms with E-state index in [1.54, 1.807) is 0 Å². The van der Waals surface area contributed by atoms with Crippen LogP contribution in [0, 0.1) is 13.8 Å². The van der Waals surface area contributed by atoms with Crippen LogP contribution in [0.25, 0.3) is 0 Å². The van der Waals surface area contributed by atoms with Gasteiger partial charge in [0.05, 0.1) is 6.54 Å². The average Bonchev–Trinajstić information content (AvgIpc) is 2.57. The summed E-state index contributed by atoms with van der Waals surface area (Å²) in [5.41, 5.74) is 10.2. The Morgan fingerprint density at radius 3 is 2.48 bits per heavy atom. The highest BCUT2D eigenvalue weighted by Crippen LogP contribution is 2.13. The number of anilines is 1. The number of halogens is 1. The van der Waals surface area contributed by atoms with Crippen LogP contribution in [0.15, 0.2) is 53.5 Å². The lowest BCUT2D eigenvalue weighted by Crippen LogP contribution is -2.25. The first kappa shape index (κ1) is 21.0. The van der Waals surface area contributed by atoms with Gasteiger partial charge in [-0.05, 0) is 42.7 Å². The summed E-state index contributed by atoms with van der Waals surface area (Å²) in [6.07, 6.45) is 0.308. The first-order valence-electron chi connectivity index (χ1n) is 7.99. The second-order valence-electron chi connectivity index (χ2n) is 5.70. The highest BCUT2D eigenvalue weighted by molar-refractivity contribution is 14.0. The Balaban J connectivity index is 0.00000312. The number of guanidine groups is 1. The van der Waals surface area contributed by atoms with Crippen LogP contribution in [0.5, 0.6) is 0 Å². The van der Waals surface area contributed by atoms with E-state index in [4.69, 9.17) is 5.73 Å². The molecule has 2 rings (SSSR count). The second kappa shape index (κ2) is 10.7. The number of hydrogen-bond donors (Lipinski definition) is 3. The van der Waals surface area contributed by atoms with Crippen molar-refractivity contribution >= 4 is 41.5 Å². The van der Waals surface area contributed by atoms with E-state index in [9.17, 15) is 4.79 Å². The van der Waals surface area contributed by atoms with Crippen molar-refractivity contribution in [1.82, 2.24) is 5.32 Å². The molecule has 0 radical (unpaired) electrons. The van der Waals surface area contributed by atoms with Crippen molar-refractivity contribution in [2.24, 2.45) is 10.7 Å². The van der Waals surface area contributed by atoms with Gasteiger partial charge in [0.2, 0.25) is 5.91 Å². The molecule has 0 aliphatic rings. The van der Waals surface area contributed by atoms with E-state index >= 15 is 0 Å². The summed E-state index contributed by atoms with van der Waals surface area (Å²) in [6, 6.07) is 15.8. The molecule has 0 saturated carbocycles. The molecule has 0 atom stereocenters. The van der Waals surface area contributed by atoms with Crippen molar-refractivity contribution < 1.29 is 4.79 Å². The Bertz CT molecular complexity index is 717. The normalized spacial score (nSPS) is 10.7. The van der Waals surface area contributed by atoms with Gasteiger partial charge in [0.25, 0.3) is 0 Å².